The van der Waals surface area contributed by atoms with Gasteiger partial charge in [0.25, 0.3) is 11.8 Å². The number of fused-ring (bicyclic) bond motifs is 1. The molecule has 2 amide bonds. The molecule has 4 aliphatic rings. The minimum atomic E-state index is -0.406. The van der Waals surface area contributed by atoms with E-state index in [2.05, 4.69) is 29.4 Å². The lowest BCUT2D eigenvalue weighted by molar-refractivity contribution is -0.139. The van der Waals surface area contributed by atoms with Crippen molar-refractivity contribution in [1.82, 2.24) is 9.58 Å². The summed E-state index contributed by atoms with van der Waals surface area (Å²) in [5, 5.41) is 6.64. The van der Waals surface area contributed by atoms with Crippen LogP contribution in [0.25, 0.3) is 10.9 Å². The fourth-order valence-corrected chi connectivity index (χ4v) is 6.37. The van der Waals surface area contributed by atoms with Crippen molar-refractivity contribution in [2.75, 3.05) is 0 Å². The molecule has 0 spiro atoms. The molecule has 3 aromatic carbocycles. The van der Waals surface area contributed by atoms with Gasteiger partial charge in [-0.3, -0.25) is 9.59 Å². The lowest BCUT2D eigenvalue weighted by Crippen LogP contribution is -2.41. The Morgan fingerprint density at radius 1 is 0.727 bits per heavy atom. The van der Waals surface area contributed by atoms with Crippen LogP contribution in [0, 0.1) is 11.8 Å². The van der Waals surface area contributed by atoms with Gasteiger partial charge in [-0.15, -0.1) is 0 Å². The number of carbonyl (C=O) groups excluding carboxylic acids is 2. The molecule has 5 heteroatoms. The molecule has 1 aliphatic heterocycles. The van der Waals surface area contributed by atoms with Gasteiger partial charge >= 0.3 is 0 Å². The van der Waals surface area contributed by atoms with E-state index in [9.17, 15) is 9.59 Å². The molecule has 33 heavy (non-hydrogen) atoms. The van der Waals surface area contributed by atoms with E-state index in [-0.39, 0.29) is 23.7 Å². The fourth-order valence-electron chi connectivity index (χ4n) is 6.37. The van der Waals surface area contributed by atoms with Gasteiger partial charge in [-0.2, -0.15) is 10.1 Å². The van der Waals surface area contributed by atoms with Crippen LogP contribution in [0.15, 0.2) is 84.1 Å². The van der Waals surface area contributed by atoms with Crippen LogP contribution in [0.1, 0.15) is 39.7 Å². The number of para-hydroxylation sites is 1. The first-order valence-electron chi connectivity index (χ1n) is 11.3. The molecule has 0 N–H and O–H groups in total. The van der Waals surface area contributed by atoms with Gasteiger partial charge in [-0.05, 0) is 28.3 Å². The maximum absolute atomic E-state index is 13.6. The van der Waals surface area contributed by atoms with Crippen molar-refractivity contribution in [3.8, 4) is 0 Å². The van der Waals surface area contributed by atoms with Crippen molar-refractivity contribution in [3.05, 3.63) is 107 Å². The Kier molecular flexibility index (Phi) is 3.67. The van der Waals surface area contributed by atoms with Gasteiger partial charge in [0.15, 0.2) is 0 Å². The summed E-state index contributed by atoms with van der Waals surface area (Å²) in [5.74, 6) is -1.42. The van der Waals surface area contributed by atoms with Gasteiger partial charge in [0.2, 0.25) is 0 Å². The second kappa shape index (κ2) is 6.51. The van der Waals surface area contributed by atoms with Gasteiger partial charge in [-0.25, -0.2) is 0 Å². The quantitative estimate of drug-likeness (QED) is 0.349. The average molecular weight is 431 g/mol. The summed E-state index contributed by atoms with van der Waals surface area (Å²) >= 11 is 0. The Morgan fingerprint density at radius 3 is 1.76 bits per heavy atom. The lowest BCUT2D eigenvalue weighted by atomic mass is 9.55. The highest BCUT2D eigenvalue weighted by molar-refractivity contribution is 6.08. The summed E-state index contributed by atoms with van der Waals surface area (Å²) in [4.78, 5) is 27.3. The molecule has 1 fully saturated rings. The van der Waals surface area contributed by atoms with Crippen LogP contribution in [0.3, 0.4) is 0 Å². The monoisotopic (exact) mass is 431 g/mol. The number of aryl methyl sites for hydroxylation is 1. The van der Waals surface area contributed by atoms with Crippen molar-refractivity contribution in [2.45, 2.75) is 11.8 Å². The van der Waals surface area contributed by atoms with Crippen molar-refractivity contribution < 1.29 is 9.59 Å². The van der Waals surface area contributed by atoms with Gasteiger partial charge in [0.1, 0.15) is 0 Å². The van der Waals surface area contributed by atoms with Crippen LogP contribution in [0.2, 0.25) is 0 Å². The zero-order valence-electron chi connectivity index (χ0n) is 18.1. The molecule has 8 rings (SSSR count). The van der Waals surface area contributed by atoms with Gasteiger partial charge in [0.05, 0.1) is 18.1 Å². The molecule has 1 aromatic heterocycles. The first kappa shape index (κ1) is 18.6. The maximum Gasteiger partial charge on any atom is 0.254 e. The number of amides is 2. The number of aromatic nitrogens is 1. The average Bonchev–Trinajstić information content (AvgIpc) is 3.31. The van der Waals surface area contributed by atoms with E-state index < -0.39 is 11.8 Å². The van der Waals surface area contributed by atoms with Gasteiger partial charge in [-0.1, -0.05) is 66.7 Å². The highest BCUT2D eigenvalue weighted by Gasteiger charge is 2.61. The van der Waals surface area contributed by atoms with E-state index in [0.717, 1.165) is 21.5 Å². The molecular formula is C28H21N3O2. The molecule has 2 bridgehead atoms. The molecule has 1 saturated heterocycles. The number of benzene rings is 3. The van der Waals surface area contributed by atoms with E-state index in [0.29, 0.717) is 0 Å². The molecule has 0 unspecified atom stereocenters. The van der Waals surface area contributed by atoms with Crippen molar-refractivity contribution in [3.63, 3.8) is 0 Å². The third-order valence-electron chi connectivity index (χ3n) is 7.67. The Hall–Kier alpha value is -3.99. The van der Waals surface area contributed by atoms with E-state index in [4.69, 9.17) is 0 Å². The predicted octanol–water partition coefficient (Wildman–Crippen LogP) is 4.40. The second-order valence-corrected chi connectivity index (χ2v) is 9.21. The normalized spacial score (nSPS) is 25.1. The zero-order valence-corrected chi connectivity index (χ0v) is 18.1. The maximum atomic E-state index is 13.6. The largest absolute Gasteiger partial charge is 0.350 e. The number of hydrogen-bond donors (Lipinski definition) is 0. The summed E-state index contributed by atoms with van der Waals surface area (Å²) in [5.41, 5.74) is 6.65. The number of hydrazone groups is 1. The fraction of sp³-hybridized carbons (Fsp3) is 0.179. The summed E-state index contributed by atoms with van der Waals surface area (Å²) < 4.78 is 2.03. The Balaban J connectivity index is 1.33. The van der Waals surface area contributed by atoms with Crippen molar-refractivity contribution in [2.24, 2.45) is 24.0 Å². The molecule has 0 saturated carbocycles. The van der Waals surface area contributed by atoms with E-state index >= 15 is 0 Å². The van der Waals surface area contributed by atoms with Crippen LogP contribution in [-0.4, -0.2) is 27.6 Å². The first-order chi connectivity index (χ1) is 16.1. The van der Waals surface area contributed by atoms with E-state index in [1.807, 2.05) is 66.3 Å². The van der Waals surface area contributed by atoms with Crippen LogP contribution in [0.5, 0.6) is 0 Å². The van der Waals surface area contributed by atoms with Gasteiger partial charge < -0.3 is 4.57 Å². The Bertz CT molecular complexity index is 1400. The highest BCUT2D eigenvalue weighted by Crippen LogP contribution is 2.60. The van der Waals surface area contributed by atoms with Crippen molar-refractivity contribution >= 4 is 28.9 Å². The lowest BCUT2D eigenvalue weighted by Gasteiger charge is -2.45. The van der Waals surface area contributed by atoms with Crippen LogP contribution in [-0.2, 0) is 16.6 Å². The SMILES string of the molecule is Cn1cc(/C=N\N2C(=O)[C@@H]3C4c5ccccc5C(c5ccccc54)[C@H]3C2=O)c2ccccc21. The number of nitrogens with zero attached hydrogens (tertiary/aromatic N) is 3. The smallest absolute Gasteiger partial charge is 0.254 e. The zero-order chi connectivity index (χ0) is 22.3. The predicted molar refractivity (Wildman–Crippen MR) is 126 cm³/mol. The third kappa shape index (κ3) is 2.34. The van der Waals surface area contributed by atoms with Crippen LogP contribution >= 0.6 is 0 Å². The molecule has 0 radical (unpaired) electrons. The molecule has 2 heterocycles. The Labute approximate surface area is 190 Å². The molecule has 5 nitrogen and oxygen atoms in total. The standard InChI is InChI=1S/C28H21N3O2/c1-30-15-16(17-8-6-7-13-22(17)30)14-29-31-27(32)25-23-18-9-2-3-10-19(18)24(26(25)28(31)33)21-12-5-4-11-20(21)23/h2-15,23-26H,1H3/b29-14-/t23?,24?,25-,26-/m1/s1. The summed E-state index contributed by atoms with van der Waals surface area (Å²) in [6.07, 6.45) is 3.62. The number of rotatable bonds is 2. The Morgan fingerprint density at radius 2 is 1.21 bits per heavy atom. The number of hydrogen-bond acceptors (Lipinski definition) is 3. The number of imide groups is 1. The summed E-state index contributed by atoms with van der Waals surface area (Å²) in [7, 11) is 1.98. The topological polar surface area (TPSA) is 54.7 Å². The summed E-state index contributed by atoms with van der Waals surface area (Å²) in [6.45, 7) is 0. The summed E-state index contributed by atoms with van der Waals surface area (Å²) in [6, 6.07) is 24.6. The highest BCUT2D eigenvalue weighted by atomic mass is 16.2. The second-order valence-electron chi connectivity index (χ2n) is 9.21. The van der Waals surface area contributed by atoms with E-state index in [1.165, 1.54) is 22.3 Å². The van der Waals surface area contributed by atoms with E-state index in [1.54, 1.807) is 6.21 Å². The third-order valence-corrected chi connectivity index (χ3v) is 7.67. The van der Waals surface area contributed by atoms with Crippen LogP contribution < -0.4 is 0 Å². The van der Waals surface area contributed by atoms with Crippen molar-refractivity contribution in [1.29, 1.82) is 0 Å². The first-order valence-corrected chi connectivity index (χ1v) is 11.3. The van der Waals surface area contributed by atoms with Gasteiger partial charge in [0, 0.05) is 41.5 Å². The minimum Gasteiger partial charge on any atom is -0.350 e. The molecule has 3 aliphatic carbocycles. The molecular weight excluding hydrogens is 410 g/mol. The number of carbonyl (C=O) groups is 2. The molecule has 160 valence electrons. The molecule has 2 atom stereocenters. The molecule has 4 aromatic rings. The van der Waals surface area contributed by atoms with Crippen LogP contribution in [0.4, 0.5) is 0 Å². The minimum absolute atomic E-state index is 0.110.